The van der Waals surface area contributed by atoms with Crippen LogP contribution in [0.15, 0.2) is 35.9 Å². The molecule has 0 aliphatic carbocycles. The van der Waals surface area contributed by atoms with Gasteiger partial charge in [0.05, 0.1) is 14.2 Å². The lowest BCUT2D eigenvalue weighted by Crippen LogP contribution is -2.54. The van der Waals surface area contributed by atoms with Crippen molar-refractivity contribution in [3.8, 4) is 11.5 Å². The number of methoxy groups -OCH3 is 2. The van der Waals surface area contributed by atoms with Gasteiger partial charge in [-0.3, -0.25) is 19.4 Å². The molecule has 0 radical (unpaired) electrons. The highest BCUT2D eigenvalue weighted by Crippen LogP contribution is 2.28. The molecule has 0 N–H and O–H groups in total. The summed E-state index contributed by atoms with van der Waals surface area (Å²) in [5, 5.41) is 0.164. The summed E-state index contributed by atoms with van der Waals surface area (Å²) in [5.41, 5.74) is 1.37. The molecule has 1 aromatic carbocycles. The van der Waals surface area contributed by atoms with Crippen molar-refractivity contribution in [3.05, 3.63) is 41.5 Å². The van der Waals surface area contributed by atoms with Gasteiger partial charge in [-0.2, -0.15) is 0 Å². The molecule has 1 aromatic rings. The zero-order valence-electron chi connectivity index (χ0n) is 14.7. The Morgan fingerprint density at radius 3 is 2.48 bits per heavy atom. The molecule has 0 unspecified atom stereocenters. The fraction of sp³-hybridized carbons (Fsp3) is 0.278. The standard InChI is InChI=1S/C18H20N2O4S/c1-11(2)10-20-17(22)14(16(21)19(3)18(20)25)8-12-6-7-13(23-4)9-15(12)24-5/h6-9H,1,10H2,2-5H3/b14-8+. The fourth-order valence-electron chi connectivity index (χ4n) is 2.40. The number of hydrogen-bond acceptors (Lipinski definition) is 5. The maximum atomic E-state index is 12.8. The van der Waals surface area contributed by atoms with E-state index in [1.165, 1.54) is 23.0 Å². The van der Waals surface area contributed by atoms with Crippen LogP contribution in [-0.4, -0.2) is 54.5 Å². The first-order valence-electron chi connectivity index (χ1n) is 7.52. The minimum absolute atomic E-state index is 0.0146. The SMILES string of the molecule is C=C(C)CN1C(=O)/C(=C/c2ccc(OC)cc2OC)C(=O)N(C)C1=S. The van der Waals surface area contributed by atoms with E-state index in [2.05, 4.69) is 6.58 Å². The molecule has 7 heteroatoms. The maximum Gasteiger partial charge on any atom is 0.265 e. The number of carbonyl (C=O) groups is 2. The van der Waals surface area contributed by atoms with Crippen molar-refractivity contribution in [3.63, 3.8) is 0 Å². The largest absolute Gasteiger partial charge is 0.497 e. The van der Waals surface area contributed by atoms with Crippen LogP contribution in [0, 0.1) is 0 Å². The third kappa shape index (κ3) is 3.71. The van der Waals surface area contributed by atoms with Gasteiger partial charge in [-0.1, -0.05) is 12.2 Å². The summed E-state index contributed by atoms with van der Waals surface area (Å²) in [6.07, 6.45) is 1.51. The van der Waals surface area contributed by atoms with E-state index in [4.69, 9.17) is 21.7 Å². The molecule has 0 atom stereocenters. The van der Waals surface area contributed by atoms with Crippen LogP contribution in [0.3, 0.4) is 0 Å². The quantitative estimate of drug-likeness (QED) is 0.349. The van der Waals surface area contributed by atoms with Crippen molar-refractivity contribution >= 4 is 35.2 Å². The van der Waals surface area contributed by atoms with Gasteiger partial charge in [0, 0.05) is 25.2 Å². The van der Waals surface area contributed by atoms with Crippen LogP contribution in [0.1, 0.15) is 12.5 Å². The lowest BCUT2D eigenvalue weighted by atomic mass is 10.1. The van der Waals surface area contributed by atoms with Crippen molar-refractivity contribution in [1.29, 1.82) is 0 Å². The van der Waals surface area contributed by atoms with Gasteiger partial charge >= 0.3 is 0 Å². The third-order valence-corrected chi connectivity index (χ3v) is 4.19. The first kappa shape index (κ1) is 18.7. The summed E-state index contributed by atoms with van der Waals surface area (Å²) in [4.78, 5) is 28.0. The Morgan fingerprint density at radius 1 is 1.24 bits per heavy atom. The van der Waals surface area contributed by atoms with E-state index in [1.807, 2.05) is 0 Å². The number of nitrogens with zero attached hydrogens (tertiary/aromatic N) is 2. The summed E-state index contributed by atoms with van der Waals surface area (Å²) in [7, 11) is 4.60. The van der Waals surface area contributed by atoms with Crippen molar-refractivity contribution in [2.45, 2.75) is 6.92 Å². The van der Waals surface area contributed by atoms with Crippen molar-refractivity contribution in [2.24, 2.45) is 0 Å². The highest BCUT2D eigenvalue weighted by atomic mass is 32.1. The van der Waals surface area contributed by atoms with Gasteiger partial charge in [0.15, 0.2) is 5.11 Å². The van der Waals surface area contributed by atoms with Crippen LogP contribution in [0.25, 0.3) is 6.08 Å². The Kier molecular flexibility index (Phi) is 5.58. The van der Waals surface area contributed by atoms with Gasteiger partial charge < -0.3 is 9.47 Å². The number of amides is 2. The molecule has 1 heterocycles. The second-order valence-corrected chi connectivity index (χ2v) is 6.03. The Morgan fingerprint density at radius 2 is 1.92 bits per heavy atom. The monoisotopic (exact) mass is 360 g/mol. The predicted molar refractivity (Wildman–Crippen MR) is 99.4 cm³/mol. The molecular formula is C18H20N2O4S. The molecule has 1 saturated heterocycles. The van der Waals surface area contributed by atoms with Crippen LogP contribution in [0.5, 0.6) is 11.5 Å². The Labute approximate surface area is 152 Å². The fourth-order valence-corrected chi connectivity index (χ4v) is 2.63. The molecule has 1 aliphatic heterocycles. The van der Waals surface area contributed by atoms with Crippen molar-refractivity contribution < 1.29 is 19.1 Å². The summed E-state index contributed by atoms with van der Waals surface area (Å²) >= 11 is 5.22. The van der Waals surface area contributed by atoms with Gasteiger partial charge in [-0.05, 0) is 37.4 Å². The van der Waals surface area contributed by atoms with E-state index >= 15 is 0 Å². The normalized spacial score (nSPS) is 16.5. The Hall–Kier alpha value is -2.67. The van der Waals surface area contributed by atoms with Gasteiger partial charge in [-0.25, -0.2) is 0 Å². The minimum atomic E-state index is -0.453. The lowest BCUT2D eigenvalue weighted by molar-refractivity contribution is -0.132. The molecule has 0 aromatic heterocycles. The smallest absolute Gasteiger partial charge is 0.265 e. The highest BCUT2D eigenvalue weighted by Gasteiger charge is 2.37. The first-order chi connectivity index (χ1) is 11.8. The van der Waals surface area contributed by atoms with Crippen LogP contribution < -0.4 is 9.47 Å². The van der Waals surface area contributed by atoms with Crippen LogP contribution in [0.2, 0.25) is 0 Å². The zero-order valence-corrected chi connectivity index (χ0v) is 15.5. The molecule has 132 valence electrons. The van der Waals surface area contributed by atoms with Crippen LogP contribution >= 0.6 is 12.2 Å². The number of thiocarbonyl (C=S) groups is 1. The van der Waals surface area contributed by atoms with E-state index in [1.54, 1.807) is 39.3 Å². The second kappa shape index (κ2) is 7.48. The Bertz CT molecular complexity index is 785. The topological polar surface area (TPSA) is 59.1 Å². The van der Waals surface area contributed by atoms with Crippen molar-refractivity contribution in [1.82, 2.24) is 9.80 Å². The van der Waals surface area contributed by atoms with E-state index < -0.39 is 11.8 Å². The lowest BCUT2D eigenvalue weighted by Gasteiger charge is -2.34. The van der Waals surface area contributed by atoms with Crippen LogP contribution in [0.4, 0.5) is 0 Å². The maximum absolute atomic E-state index is 12.8. The molecule has 0 bridgehead atoms. The van der Waals surface area contributed by atoms with Gasteiger partial charge in [0.2, 0.25) is 0 Å². The summed E-state index contributed by atoms with van der Waals surface area (Å²) < 4.78 is 10.5. The number of carbonyl (C=O) groups excluding carboxylic acids is 2. The van der Waals surface area contributed by atoms with Crippen LogP contribution in [-0.2, 0) is 9.59 Å². The molecule has 1 fully saturated rings. The zero-order chi connectivity index (χ0) is 18.7. The summed E-state index contributed by atoms with van der Waals surface area (Å²) in [6, 6.07) is 5.14. The molecule has 25 heavy (non-hydrogen) atoms. The molecule has 2 amide bonds. The van der Waals surface area contributed by atoms with E-state index in [0.29, 0.717) is 17.1 Å². The molecule has 2 rings (SSSR count). The average Bonchev–Trinajstić information content (AvgIpc) is 2.60. The number of rotatable bonds is 5. The number of benzene rings is 1. The number of hydrogen-bond donors (Lipinski definition) is 0. The van der Waals surface area contributed by atoms with Crippen molar-refractivity contribution in [2.75, 3.05) is 27.8 Å². The van der Waals surface area contributed by atoms with E-state index in [-0.39, 0.29) is 17.2 Å². The number of ether oxygens (including phenoxy) is 2. The molecular weight excluding hydrogens is 340 g/mol. The molecule has 0 saturated carbocycles. The van der Waals surface area contributed by atoms with Gasteiger partial charge in [0.25, 0.3) is 11.8 Å². The number of likely N-dealkylation sites (N-methyl/N-ethyl adjacent to an activating group) is 1. The van der Waals surface area contributed by atoms with E-state index in [9.17, 15) is 9.59 Å². The molecule has 6 nitrogen and oxygen atoms in total. The highest BCUT2D eigenvalue weighted by molar-refractivity contribution is 7.80. The minimum Gasteiger partial charge on any atom is -0.497 e. The third-order valence-electron chi connectivity index (χ3n) is 3.70. The second-order valence-electron chi connectivity index (χ2n) is 5.66. The predicted octanol–water partition coefficient (Wildman–Crippen LogP) is 2.25. The Balaban J connectivity index is 2.50. The molecule has 0 spiro atoms. The van der Waals surface area contributed by atoms with E-state index in [0.717, 1.165) is 5.57 Å². The van der Waals surface area contributed by atoms with Gasteiger partial charge in [0.1, 0.15) is 17.1 Å². The summed E-state index contributed by atoms with van der Waals surface area (Å²) in [6.45, 7) is 5.86. The molecule has 1 aliphatic rings. The average molecular weight is 360 g/mol. The summed E-state index contributed by atoms with van der Waals surface area (Å²) in [5.74, 6) is 0.206. The first-order valence-corrected chi connectivity index (χ1v) is 7.93. The van der Waals surface area contributed by atoms with Gasteiger partial charge in [-0.15, -0.1) is 0 Å².